The number of rotatable bonds is 6. The maximum atomic E-state index is 6.38. The third-order valence-electron chi connectivity index (χ3n) is 12.0. The van der Waals surface area contributed by atoms with Gasteiger partial charge in [-0.2, -0.15) is 0 Å². The van der Waals surface area contributed by atoms with Gasteiger partial charge in [-0.05, 0) is 95.3 Å². The van der Waals surface area contributed by atoms with Crippen molar-refractivity contribution in [2.45, 2.75) is 38.0 Å². The molecule has 0 saturated heterocycles. The predicted octanol–water partition coefficient (Wildman–Crippen LogP) is 15.0. The van der Waals surface area contributed by atoms with Crippen LogP contribution in [0.4, 0.5) is 17.1 Å². The van der Waals surface area contributed by atoms with E-state index in [0.717, 1.165) is 44.7 Å². The van der Waals surface area contributed by atoms with Crippen LogP contribution < -0.4 is 4.90 Å². The van der Waals surface area contributed by atoms with E-state index >= 15 is 0 Å². The summed E-state index contributed by atoms with van der Waals surface area (Å²) in [6.45, 7) is 0. The number of furan rings is 1. The van der Waals surface area contributed by atoms with E-state index < -0.39 is 0 Å². The van der Waals surface area contributed by atoms with Crippen LogP contribution in [0, 0.1) is 0 Å². The van der Waals surface area contributed by atoms with E-state index in [1.165, 1.54) is 81.4 Å². The molecule has 1 aliphatic rings. The molecule has 2 aromatic heterocycles. The number of aromatic nitrogens is 1. The second kappa shape index (κ2) is 13.1. The normalized spacial score (nSPS) is 13.7. The summed E-state index contributed by atoms with van der Waals surface area (Å²) < 4.78 is 8.82. The lowest BCUT2D eigenvalue weighted by molar-refractivity contribution is 0.445. The Morgan fingerprint density at radius 3 is 2.05 bits per heavy atom. The maximum Gasteiger partial charge on any atom is 0.135 e. The van der Waals surface area contributed by atoms with E-state index in [1.807, 2.05) is 6.07 Å². The van der Waals surface area contributed by atoms with Crippen LogP contribution in [0.2, 0.25) is 0 Å². The first-order valence-electron chi connectivity index (χ1n) is 19.7. The lowest BCUT2D eigenvalue weighted by Gasteiger charge is -2.30. The molecule has 3 heteroatoms. The predicted molar refractivity (Wildman–Crippen MR) is 232 cm³/mol. The van der Waals surface area contributed by atoms with Gasteiger partial charge in [0, 0.05) is 38.5 Å². The average Bonchev–Trinajstić information content (AvgIpc) is 3.80. The Kier molecular flexibility index (Phi) is 7.58. The fourth-order valence-electron chi connectivity index (χ4n) is 9.53. The number of hydrogen-bond acceptors (Lipinski definition) is 2. The standard InChI is InChI=1S/C52H40N2O/c1-3-16-35(17-4-1)39-25-13-18-36-19-14-26-43(51(36)39)40-22-7-10-28-46(40)53(38-32-33-50-45(34-38)42-24-9-12-31-49(42)55-50)48-30-15-27-44-41-23-8-11-29-47(41)54(52(44)48)37-20-5-2-6-21-37/h2,5-15,18-35H,1,3-4,16-17H2. The van der Waals surface area contributed by atoms with Gasteiger partial charge in [-0.15, -0.1) is 0 Å². The summed E-state index contributed by atoms with van der Waals surface area (Å²) in [5.74, 6) is 0.578. The molecule has 1 aliphatic carbocycles. The Labute approximate surface area is 320 Å². The lowest BCUT2D eigenvalue weighted by atomic mass is 9.80. The molecule has 0 unspecified atom stereocenters. The first-order chi connectivity index (χ1) is 27.3. The molecule has 1 saturated carbocycles. The zero-order valence-corrected chi connectivity index (χ0v) is 30.7. The summed E-state index contributed by atoms with van der Waals surface area (Å²) in [4.78, 5) is 2.50. The largest absolute Gasteiger partial charge is 0.456 e. The molecular formula is C52H40N2O. The molecule has 1 fully saturated rings. The van der Waals surface area contributed by atoms with Gasteiger partial charge in [-0.3, -0.25) is 0 Å². The Morgan fingerprint density at radius 2 is 1.16 bits per heavy atom. The highest BCUT2D eigenvalue weighted by Gasteiger charge is 2.26. The molecule has 0 aliphatic heterocycles. The van der Waals surface area contributed by atoms with Gasteiger partial charge in [-0.1, -0.05) is 141 Å². The first-order valence-corrected chi connectivity index (χ1v) is 19.7. The molecule has 3 nitrogen and oxygen atoms in total. The van der Waals surface area contributed by atoms with Gasteiger partial charge in [0.2, 0.25) is 0 Å². The van der Waals surface area contributed by atoms with E-state index in [4.69, 9.17) is 4.42 Å². The minimum atomic E-state index is 0.578. The van der Waals surface area contributed by atoms with Crippen molar-refractivity contribution in [3.05, 3.63) is 181 Å². The minimum Gasteiger partial charge on any atom is -0.456 e. The van der Waals surface area contributed by atoms with E-state index in [-0.39, 0.29) is 0 Å². The molecule has 10 aromatic rings. The molecule has 11 rings (SSSR count). The number of benzene rings is 8. The molecule has 55 heavy (non-hydrogen) atoms. The fourth-order valence-corrected chi connectivity index (χ4v) is 9.53. The molecule has 0 bridgehead atoms. The first kappa shape index (κ1) is 31.9. The van der Waals surface area contributed by atoms with E-state index in [9.17, 15) is 0 Å². The van der Waals surface area contributed by atoms with Crippen LogP contribution in [-0.4, -0.2) is 4.57 Å². The van der Waals surface area contributed by atoms with Crippen LogP contribution in [0.1, 0.15) is 43.6 Å². The van der Waals surface area contributed by atoms with Crippen LogP contribution in [0.15, 0.2) is 180 Å². The number of anilines is 3. The van der Waals surface area contributed by atoms with Crippen LogP contribution in [0.5, 0.6) is 0 Å². The van der Waals surface area contributed by atoms with Crippen LogP contribution in [0.25, 0.3) is 71.3 Å². The van der Waals surface area contributed by atoms with Gasteiger partial charge < -0.3 is 13.9 Å². The van der Waals surface area contributed by atoms with Crippen molar-refractivity contribution in [3.8, 4) is 16.8 Å². The summed E-state index contributed by atoms with van der Waals surface area (Å²) in [6.07, 6.45) is 6.46. The average molecular weight is 709 g/mol. The Bertz CT molecular complexity index is 3030. The Morgan fingerprint density at radius 1 is 0.491 bits per heavy atom. The Hall–Kier alpha value is -6.58. The molecular weight excluding hydrogens is 669 g/mol. The minimum absolute atomic E-state index is 0.578. The number of fused-ring (bicyclic) bond motifs is 7. The van der Waals surface area contributed by atoms with Crippen LogP contribution >= 0.6 is 0 Å². The van der Waals surface area contributed by atoms with Crippen molar-refractivity contribution >= 4 is 71.6 Å². The van der Waals surface area contributed by atoms with Gasteiger partial charge in [0.15, 0.2) is 0 Å². The number of hydrogen-bond donors (Lipinski definition) is 0. The molecule has 264 valence electrons. The van der Waals surface area contributed by atoms with E-state index in [1.54, 1.807) is 0 Å². The molecule has 0 N–H and O–H groups in total. The van der Waals surface area contributed by atoms with E-state index in [0.29, 0.717) is 5.92 Å². The summed E-state index contributed by atoms with van der Waals surface area (Å²) in [5, 5.41) is 7.38. The van der Waals surface area contributed by atoms with Crippen LogP contribution in [-0.2, 0) is 0 Å². The van der Waals surface area contributed by atoms with Crippen molar-refractivity contribution in [1.29, 1.82) is 0 Å². The van der Waals surface area contributed by atoms with Gasteiger partial charge in [-0.25, -0.2) is 0 Å². The quantitative estimate of drug-likeness (QED) is 0.171. The summed E-state index contributed by atoms with van der Waals surface area (Å²) in [5.41, 5.74) is 12.6. The van der Waals surface area contributed by atoms with Crippen molar-refractivity contribution < 1.29 is 4.42 Å². The second-order valence-electron chi connectivity index (χ2n) is 15.1. The third kappa shape index (κ3) is 5.18. The highest BCUT2D eigenvalue weighted by Crippen LogP contribution is 2.49. The van der Waals surface area contributed by atoms with Crippen molar-refractivity contribution in [2.75, 3.05) is 4.90 Å². The maximum absolute atomic E-state index is 6.38. The SMILES string of the molecule is c1ccc(-n2c3ccccc3c3cccc(N(c4ccc5oc6ccccc6c5c4)c4ccccc4-c4cccc5cccc(C6CCCCC6)c45)c32)cc1. The van der Waals surface area contributed by atoms with Gasteiger partial charge >= 0.3 is 0 Å². The lowest BCUT2D eigenvalue weighted by Crippen LogP contribution is -2.13. The Balaban J connectivity index is 1.24. The van der Waals surface area contributed by atoms with Gasteiger partial charge in [0.25, 0.3) is 0 Å². The highest BCUT2D eigenvalue weighted by molar-refractivity contribution is 6.16. The monoisotopic (exact) mass is 708 g/mol. The van der Waals surface area contributed by atoms with Gasteiger partial charge in [0.1, 0.15) is 11.2 Å². The second-order valence-corrected chi connectivity index (χ2v) is 15.1. The highest BCUT2D eigenvalue weighted by atomic mass is 16.3. The summed E-state index contributed by atoms with van der Waals surface area (Å²) in [6, 6.07) is 64.3. The zero-order chi connectivity index (χ0) is 36.3. The van der Waals surface area contributed by atoms with Crippen molar-refractivity contribution in [3.63, 3.8) is 0 Å². The molecule has 0 radical (unpaired) electrons. The summed E-state index contributed by atoms with van der Waals surface area (Å²) >= 11 is 0. The van der Waals surface area contributed by atoms with Crippen molar-refractivity contribution in [2.24, 2.45) is 0 Å². The number of para-hydroxylation sites is 5. The van der Waals surface area contributed by atoms with Crippen molar-refractivity contribution in [1.82, 2.24) is 4.57 Å². The number of nitrogens with zero attached hydrogens (tertiary/aromatic N) is 2. The molecule has 2 heterocycles. The third-order valence-corrected chi connectivity index (χ3v) is 12.0. The summed E-state index contributed by atoms with van der Waals surface area (Å²) in [7, 11) is 0. The molecule has 0 amide bonds. The topological polar surface area (TPSA) is 21.3 Å². The molecule has 0 atom stereocenters. The van der Waals surface area contributed by atoms with Crippen LogP contribution in [0.3, 0.4) is 0 Å². The molecule has 8 aromatic carbocycles. The molecule has 0 spiro atoms. The smallest absolute Gasteiger partial charge is 0.135 e. The zero-order valence-electron chi connectivity index (χ0n) is 30.7. The fraction of sp³-hybridized carbons (Fsp3) is 0.115. The van der Waals surface area contributed by atoms with Gasteiger partial charge in [0.05, 0.1) is 22.4 Å². The van der Waals surface area contributed by atoms with E-state index in [2.05, 4.69) is 179 Å².